The van der Waals surface area contributed by atoms with Gasteiger partial charge in [-0.15, -0.1) is 16.9 Å². The molecule has 0 spiro atoms. The van der Waals surface area contributed by atoms with E-state index in [9.17, 15) is 4.79 Å². The number of nitrogens with one attached hydrogen (secondary N) is 1. The van der Waals surface area contributed by atoms with Crippen LogP contribution < -0.4 is 5.73 Å². The summed E-state index contributed by atoms with van der Waals surface area (Å²) in [6, 6.07) is 8.07. The van der Waals surface area contributed by atoms with Gasteiger partial charge in [0.2, 0.25) is 11.8 Å². The lowest BCUT2D eigenvalue weighted by molar-refractivity contribution is 0.0773. The molecule has 1 amide bonds. The van der Waals surface area contributed by atoms with Crippen LogP contribution >= 0.6 is 11.8 Å². The Hall–Kier alpha value is -2.02. The summed E-state index contributed by atoms with van der Waals surface area (Å²) in [7, 11) is 1.71. The van der Waals surface area contributed by atoms with Crippen molar-refractivity contribution in [2.24, 2.45) is 0 Å². The third-order valence-electron chi connectivity index (χ3n) is 2.63. The highest BCUT2D eigenvalue weighted by atomic mass is 32.2. The first-order chi connectivity index (χ1) is 9.10. The van der Waals surface area contributed by atoms with E-state index in [4.69, 9.17) is 5.73 Å². The highest BCUT2D eigenvalue weighted by Gasteiger charge is 2.15. The molecule has 0 radical (unpaired) electrons. The number of nitrogen functional groups attached to an aromatic ring is 1. The average Bonchev–Trinajstić information content (AvgIpc) is 2.85. The minimum atomic E-state index is -0.238. The predicted molar refractivity (Wildman–Crippen MR) is 74.8 cm³/mol. The van der Waals surface area contributed by atoms with E-state index >= 15 is 0 Å². The Balaban J connectivity index is 2.03. The largest absolute Gasteiger partial charge is 0.366 e. The highest BCUT2D eigenvalue weighted by Crippen LogP contribution is 2.15. The normalized spacial score (nSPS) is 10.4. The highest BCUT2D eigenvalue weighted by molar-refractivity contribution is 7.98. The Morgan fingerprint density at radius 1 is 1.42 bits per heavy atom. The number of rotatable bonds is 4. The summed E-state index contributed by atoms with van der Waals surface area (Å²) < 4.78 is 0. The van der Waals surface area contributed by atoms with Crippen molar-refractivity contribution in [2.45, 2.75) is 11.4 Å². The number of anilines is 1. The maximum absolute atomic E-state index is 12.0. The molecule has 0 saturated heterocycles. The van der Waals surface area contributed by atoms with E-state index in [1.807, 2.05) is 30.5 Å². The summed E-state index contributed by atoms with van der Waals surface area (Å²) in [5.41, 5.74) is 6.43. The lowest BCUT2D eigenvalue weighted by Gasteiger charge is -2.15. The van der Waals surface area contributed by atoms with Crippen LogP contribution in [0, 0.1) is 0 Å². The zero-order valence-corrected chi connectivity index (χ0v) is 11.6. The molecule has 0 aliphatic heterocycles. The first kappa shape index (κ1) is 13.4. The van der Waals surface area contributed by atoms with E-state index in [0.717, 1.165) is 5.56 Å². The fourth-order valence-electron chi connectivity index (χ4n) is 1.63. The minimum absolute atomic E-state index is 0.0704. The summed E-state index contributed by atoms with van der Waals surface area (Å²) >= 11 is 1.68. The number of amides is 1. The molecule has 0 fully saturated rings. The second kappa shape index (κ2) is 5.75. The molecule has 19 heavy (non-hydrogen) atoms. The van der Waals surface area contributed by atoms with Crippen molar-refractivity contribution in [3.8, 4) is 0 Å². The Labute approximate surface area is 115 Å². The summed E-state index contributed by atoms with van der Waals surface area (Å²) in [5, 5.41) is 6.15. The quantitative estimate of drug-likeness (QED) is 0.824. The Bertz CT molecular complexity index is 566. The van der Waals surface area contributed by atoms with Gasteiger partial charge >= 0.3 is 0 Å². The first-order valence-electron chi connectivity index (χ1n) is 5.66. The van der Waals surface area contributed by atoms with E-state index in [-0.39, 0.29) is 17.7 Å². The molecule has 2 rings (SSSR count). The summed E-state index contributed by atoms with van der Waals surface area (Å²) in [4.78, 5) is 18.6. The molecule has 0 bridgehead atoms. The lowest BCUT2D eigenvalue weighted by Crippen LogP contribution is -2.27. The van der Waals surface area contributed by atoms with Crippen LogP contribution in [0.2, 0.25) is 0 Å². The number of aromatic amines is 1. The van der Waals surface area contributed by atoms with Gasteiger partial charge in [-0.05, 0) is 24.0 Å². The average molecular weight is 277 g/mol. The molecule has 6 nitrogen and oxygen atoms in total. The van der Waals surface area contributed by atoms with Crippen LogP contribution in [0.4, 0.5) is 5.95 Å². The molecule has 3 N–H and O–H groups in total. The van der Waals surface area contributed by atoms with Gasteiger partial charge in [0.1, 0.15) is 0 Å². The van der Waals surface area contributed by atoms with Crippen molar-refractivity contribution < 1.29 is 4.79 Å². The smallest absolute Gasteiger partial charge is 0.291 e. The predicted octanol–water partition coefficient (Wildman–Crippen LogP) is 1.38. The van der Waals surface area contributed by atoms with Gasteiger partial charge in [0.15, 0.2) is 0 Å². The second-order valence-electron chi connectivity index (χ2n) is 4.05. The van der Waals surface area contributed by atoms with Crippen LogP contribution in [0.15, 0.2) is 29.2 Å². The number of hydrogen-bond acceptors (Lipinski definition) is 5. The molecule has 0 atom stereocenters. The molecule has 0 saturated carbocycles. The lowest BCUT2D eigenvalue weighted by atomic mass is 10.2. The van der Waals surface area contributed by atoms with Crippen LogP contribution in [0.25, 0.3) is 0 Å². The number of carbonyl (C=O) groups is 1. The molecule has 0 unspecified atom stereocenters. The fraction of sp³-hybridized carbons (Fsp3) is 0.250. The van der Waals surface area contributed by atoms with Gasteiger partial charge in [0.25, 0.3) is 5.91 Å². The van der Waals surface area contributed by atoms with E-state index in [0.29, 0.717) is 6.54 Å². The maximum Gasteiger partial charge on any atom is 0.291 e. The number of nitrogens with zero attached hydrogens (tertiary/aromatic N) is 3. The molecule has 7 heteroatoms. The van der Waals surface area contributed by atoms with Crippen molar-refractivity contribution in [1.82, 2.24) is 20.1 Å². The molecule has 1 heterocycles. The molecule has 2 aromatic rings. The van der Waals surface area contributed by atoms with Crippen LogP contribution in [0.5, 0.6) is 0 Å². The third-order valence-corrected chi connectivity index (χ3v) is 3.37. The Morgan fingerprint density at radius 2 is 2.11 bits per heavy atom. The zero-order valence-electron chi connectivity index (χ0n) is 10.8. The van der Waals surface area contributed by atoms with Crippen molar-refractivity contribution in [2.75, 3.05) is 19.0 Å². The summed E-state index contributed by atoms with van der Waals surface area (Å²) in [5.74, 6) is -0.0139. The molecular weight excluding hydrogens is 262 g/mol. The third kappa shape index (κ3) is 3.25. The number of thioether (sulfide) groups is 1. The van der Waals surface area contributed by atoms with Gasteiger partial charge in [-0.3, -0.25) is 9.89 Å². The van der Waals surface area contributed by atoms with Gasteiger partial charge in [-0.2, -0.15) is 4.98 Å². The topological polar surface area (TPSA) is 87.9 Å². The number of nitrogens with two attached hydrogens (primary N) is 1. The van der Waals surface area contributed by atoms with Crippen molar-refractivity contribution >= 4 is 23.6 Å². The van der Waals surface area contributed by atoms with E-state index < -0.39 is 0 Å². The number of benzene rings is 1. The monoisotopic (exact) mass is 277 g/mol. The standard InChI is InChI=1S/C12H15N5OS/c1-17(11(18)10-14-12(13)16-15-10)7-8-3-5-9(19-2)6-4-8/h3-6H,7H2,1-2H3,(H3,13,14,15,16). The van der Waals surface area contributed by atoms with E-state index in [1.165, 1.54) is 4.90 Å². The first-order valence-corrected chi connectivity index (χ1v) is 6.89. The summed E-state index contributed by atoms with van der Waals surface area (Å²) in [6.45, 7) is 0.508. The number of hydrogen-bond donors (Lipinski definition) is 2. The summed E-state index contributed by atoms with van der Waals surface area (Å²) in [6.07, 6.45) is 2.03. The fourth-order valence-corrected chi connectivity index (χ4v) is 2.04. The van der Waals surface area contributed by atoms with Gasteiger partial charge in [-0.25, -0.2) is 0 Å². The van der Waals surface area contributed by atoms with Gasteiger partial charge < -0.3 is 10.6 Å². The van der Waals surface area contributed by atoms with Gasteiger partial charge in [-0.1, -0.05) is 12.1 Å². The van der Waals surface area contributed by atoms with Crippen LogP contribution in [-0.4, -0.2) is 39.3 Å². The number of aromatic nitrogens is 3. The molecular formula is C12H15N5OS. The number of carbonyl (C=O) groups excluding carboxylic acids is 1. The molecule has 100 valence electrons. The SMILES string of the molecule is CSc1ccc(CN(C)C(=O)c2nc(N)n[nH]2)cc1. The van der Waals surface area contributed by atoms with Gasteiger partial charge in [0, 0.05) is 18.5 Å². The minimum Gasteiger partial charge on any atom is -0.366 e. The molecule has 1 aromatic heterocycles. The van der Waals surface area contributed by atoms with E-state index in [2.05, 4.69) is 15.2 Å². The van der Waals surface area contributed by atoms with Crippen LogP contribution in [0.1, 0.15) is 16.2 Å². The molecule has 0 aliphatic rings. The van der Waals surface area contributed by atoms with Crippen molar-refractivity contribution in [1.29, 1.82) is 0 Å². The Kier molecular flexibility index (Phi) is 4.06. The van der Waals surface area contributed by atoms with Crippen molar-refractivity contribution in [3.63, 3.8) is 0 Å². The maximum atomic E-state index is 12.0. The molecule has 1 aromatic carbocycles. The molecule has 0 aliphatic carbocycles. The zero-order chi connectivity index (χ0) is 13.8. The van der Waals surface area contributed by atoms with E-state index in [1.54, 1.807) is 23.7 Å². The van der Waals surface area contributed by atoms with Crippen molar-refractivity contribution in [3.05, 3.63) is 35.7 Å². The van der Waals surface area contributed by atoms with Crippen LogP contribution in [-0.2, 0) is 6.54 Å². The Morgan fingerprint density at radius 3 is 2.63 bits per heavy atom. The van der Waals surface area contributed by atoms with Gasteiger partial charge in [0.05, 0.1) is 0 Å². The second-order valence-corrected chi connectivity index (χ2v) is 4.93. The number of H-pyrrole nitrogens is 1. The van der Waals surface area contributed by atoms with Crippen LogP contribution in [0.3, 0.4) is 0 Å².